The van der Waals surface area contributed by atoms with E-state index in [2.05, 4.69) is 0 Å². The van der Waals surface area contributed by atoms with Gasteiger partial charge in [-0.05, 0) is 43.4 Å². The lowest BCUT2D eigenvalue weighted by molar-refractivity contribution is -0.165. The molecule has 0 saturated heterocycles. The molecule has 1 aliphatic rings. The van der Waals surface area contributed by atoms with Crippen LogP contribution in [0, 0.1) is 11.7 Å². The molecule has 1 unspecified atom stereocenters. The summed E-state index contributed by atoms with van der Waals surface area (Å²) >= 11 is 0. The summed E-state index contributed by atoms with van der Waals surface area (Å²) in [6.45, 7) is 1.88. The maximum atomic E-state index is 13.1. The fraction of sp³-hybridized carbons (Fsp3) is 0.462. The summed E-state index contributed by atoms with van der Waals surface area (Å²) < 4.78 is 18.6. The van der Waals surface area contributed by atoms with Crippen LogP contribution in [0.25, 0.3) is 0 Å². The van der Waals surface area contributed by atoms with Gasteiger partial charge in [0, 0.05) is 0 Å². The second-order valence-electron chi connectivity index (χ2n) is 4.60. The number of rotatable bonds is 5. The van der Waals surface area contributed by atoms with Crippen LogP contribution >= 0.6 is 0 Å². The predicted molar refractivity (Wildman–Crippen MR) is 60.1 cm³/mol. The summed E-state index contributed by atoms with van der Waals surface area (Å²) in [4.78, 5) is 11.3. The number of carbonyl (C=O) groups is 1. The molecule has 92 valence electrons. The van der Waals surface area contributed by atoms with E-state index in [1.54, 1.807) is 6.07 Å². The molecule has 4 heteroatoms. The molecular formula is C13H15FO3. The zero-order valence-corrected chi connectivity index (χ0v) is 9.65. The molecule has 1 atom stereocenters. The Bertz CT molecular complexity index is 428. The molecule has 1 saturated carbocycles. The molecule has 0 bridgehead atoms. The van der Waals surface area contributed by atoms with Gasteiger partial charge in [0.15, 0.2) is 5.60 Å². The quantitative estimate of drug-likeness (QED) is 0.857. The molecule has 0 heterocycles. The third-order valence-electron chi connectivity index (χ3n) is 3.09. The van der Waals surface area contributed by atoms with Gasteiger partial charge in [-0.3, -0.25) is 0 Å². The van der Waals surface area contributed by atoms with Crippen molar-refractivity contribution in [3.63, 3.8) is 0 Å². The minimum absolute atomic E-state index is 0.339. The maximum Gasteiger partial charge on any atom is 0.340 e. The molecular weight excluding hydrogens is 223 g/mol. The summed E-state index contributed by atoms with van der Waals surface area (Å²) in [6.07, 6.45) is 2.16. The second-order valence-corrected chi connectivity index (χ2v) is 4.60. The highest BCUT2D eigenvalue weighted by atomic mass is 19.1. The van der Waals surface area contributed by atoms with Crippen LogP contribution < -0.4 is 0 Å². The fourth-order valence-corrected chi connectivity index (χ4v) is 1.62. The molecule has 17 heavy (non-hydrogen) atoms. The third-order valence-corrected chi connectivity index (χ3v) is 3.09. The zero-order valence-electron chi connectivity index (χ0n) is 9.65. The van der Waals surface area contributed by atoms with Gasteiger partial charge in [-0.25, -0.2) is 9.18 Å². The van der Waals surface area contributed by atoms with Gasteiger partial charge < -0.3 is 9.84 Å². The summed E-state index contributed by atoms with van der Waals surface area (Å²) in [5.41, 5.74) is -1.13. The van der Waals surface area contributed by atoms with Crippen LogP contribution in [0.5, 0.6) is 0 Å². The van der Waals surface area contributed by atoms with Gasteiger partial charge in [0.2, 0.25) is 0 Å². The van der Waals surface area contributed by atoms with E-state index in [-0.39, 0.29) is 0 Å². The molecule has 0 spiro atoms. The van der Waals surface area contributed by atoms with Crippen molar-refractivity contribution in [2.45, 2.75) is 25.4 Å². The van der Waals surface area contributed by atoms with Crippen molar-refractivity contribution in [1.29, 1.82) is 0 Å². The monoisotopic (exact) mass is 238 g/mol. The molecule has 1 N–H and O–H groups in total. The van der Waals surface area contributed by atoms with Crippen LogP contribution in [-0.4, -0.2) is 17.7 Å². The number of halogens is 1. The van der Waals surface area contributed by atoms with Crippen LogP contribution in [0.1, 0.15) is 25.3 Å². The Balaban J connectivity index is 2.22. The van der Waals surface area contributed by atoms with Crippen LogP contribution in [0.4, 0.5) is 4.39 Å². The molecule has 0 amide bonds. The van der Waals surface area contributed by atoms with E-state index < -0.39 is 17.4 Å². The lowest BCUT2D eigenvalue weighted by Gasteiger charge is -2.25. The first-order chi connectivity index (χ1) is 8.02. The lowest BCUT2D eigenvalue weighted by Crippen LogP contribution is -2.36. The molecule has 0 aromatic heterocycles. The van der Waals surface area contributed by atoms with Gasteiger partial charge in [0.1, 0.15) is 5.82 Å². The standard InChI is InChI=1S/C13H15FO3/c1-13(12(15)16,17-8-9-5-6-9)10-3-2-4-11(14)7-10/h2-4,7,9H,5-6,8H2,1H3,(H,15,16). The van der Waals surface area contributed by atoms with Crippen molar-refractivity contribution in [1.82, 2.24) is 0 Å². The van der Waals surface area contributed by atoms with Gasteiger partial charge in [-0.2, -0.15) is 0 Å². The summed E-state index contributed by atoms with van der Waals surface area (Å²) in [6, 6.07) is 5.56. The average Bonchev–Trinajstić information content (AvgIpc) is 3.09. The van der Waals surface area contributed by atoms with Crippen molar-refractivity contribution in [3.8, 4) is 0 Å². The predicted octanol–water partition coefficient (Wildman–Crippen LogP) is 2.55. The first-order valence-corrected chi connectivity index (χ1v) is 5.66. The largest absolute Gasteiger partial charge is 0.479 e. The van der Waals surface area contributed by atoms with E-state index in [0.717, 1.165) is 12.8 Å². The number of aliphatic carboxylic acids is 1. The van der Waals surface area contributed by atoms with Crippen molar-refractivity contribution >= 4 is 5.97 Å². The fourth-order valence-electron chi connectivity index (χ4n) is 1.62. The number of carboxylic acid groups (broad SMARTS) is 1. The number of ether oxygens (including phenoxy) is 1. The van der Waals surface area contributed by atoms with Crippen molar-refractivity contribution < 1.29 is 19.0 Å². The highest BCUT2D eigenvalue weighted by Gasteiger charge is 2.38. The molecule has 2 rings (SSSR count). The van der Waals surface area contributed by atoms with Crippen molar-refractivity contribution in [2.24, 2.45) is 5.92 Å². The van der Waals surface area contributed by atoms with Gasteiger partial charge in [0.25, 0.3) is 0 Å². The van der Waals surface area contributed by atoms with Crippen LogP contribution in [0.2, 0.25) is 0 Å². The van der Waals surface area contributed by atoms with Crippen LogP contribution in [0.3, 0.4) is 0 Å². The topological polar surface area (TPSA) is 46.5 Å². The average molecular weight is 238 g/mol. The van der Waals surface area contributed by atoms with Crippen LogP contribution in [0.15, 0.2) is 24.3 Å². The highest BCUT2D eigenvalue weighted by molar-refractivity contribution is 5.78. The van der Waals surface area contributed by atoms with Gasteiger partial charge in [-0.1, -0.05) is 12.1 Å². The molecule has 0 radical (unpaired) electrons. The normalized spacial score (nSPS) is 18.7. The van der Waals surface area contributed by atoms with E-state index in [4.69, 9.17) is 4.74 Å². The van der Waals surface area contributed by atoms with Gasteiger partial charge >= 0.3 is 5.97 Å². The third kappa shape index (κ3) is 2.64. The van der Waals surface area contributed by atoms with E-state index in [0.29, 0.717) is 18.1 Å². The minimum atomic E-state index is -1.47. The van der Waals surface area contributed by atoms with Crippen molar-refractivity contribution in [3.05, 3.63) is 35.6 Å². The number of hydrogen-bond donors (Lipinski definition) is 1. The first kappa shape index (κ1) is 12.0. The summed E-state index contributed by atoms with van der Waals surface area (Å²) in [5, 5.41) is 9.26. The SMILES string of the molecule is CC(OCC1CC1)(C(=O)O)c1cccc(F)c1. The summed E-state index contributed by atoms with van der Waals surface area (Å²) in [5.74, 6) is -1.09. The first-order valence-electron chi connectivity index (χ1n) is 5.66. The molecule has 1 aliphatic carbocycles. The minimum Gasteiger partial charge on any atom is -0.479 e. The highest BCUT2D eigenvalue weighted by Crippen LogP contribution is 2.33. The Morgan fingerprint density at radius 1 is 1.59 bits per heavy atom. The molecule has 3 nitrogen and oxygen atoms in total. The van der Waals surface area contributed by atoms with Gasteiger partial charge in [-0.15, -0.1) is 0 Å². The molecule has 0 aliphatic heterocycles. The zero-order chi connectivity index (χ0) is 12.5. The Morgan fingerprint density at radius 3 is 2.82 bits per heavy atom. The van der Waals surface area contributed by atoms with Crippen LogP contribution in [-0.2, 0) is 15.1 Å². The number of hydrogen-bond acceptors (Lipinski definition) is 2. The maximum absolute atomic E-state index is 13.1. The molecule has 1 aromatic rings. The van der Waals surface area contributed by atoms with Gasteiger partial charge in [0.05, 0.1) is 6.61 Å². The van der Waals surface area contributed by atoms with E-state index in [1.165, 1.54) is 25.1 Å². The molecule has 1 aromatic carbocycles. The Morgan fingerprint density at radius 2 is 2.29 bits per heavy atom. The number of carboxylic acids is 1. The Labute approximate surface area is 99.2 Å². The Hall–Kier alpha value is -1.42. The number of benzene rings is 1. The summed E-state index contributed by atoms with van der Waals surface area (Å²) in [7, 11) is 0. The smallest absolute Gasteiger partial charge is 0.340 e. The lowest BCUT2D eigenvalue weighted by atomic mass is 9.95. The molecule has 1 fully saturated rings. The van der Waals surface area contributed by atoms with E-state index in [9.17, 15) is 14.3 Å². The Kier molecular flexibility index (Phi) is 3.15. The van der Waals surface area contributed by atoms with E-state index in [1.807, 2.05) is 0 Å². The van der Waals surface area contributed by atoms with Crippen molar-refractivity contribution in [2.75, 3.05) is 6.61 Å². The van der Waals surface area contributed by atoms with E-state index >= 15 is 0 Å². The second kappa shape index (κ2) is 4.45.